The first-order valence-electron chi connectivity index (χ1n) is 9.30. The summed E-state index contributed by atoms with van der Waals surface area (Å²) in [5.74, 6) is -0.147. The molecule has 0 N–H and O–H groups in total. The van der Waals surface area contributed by atoms with Crippen molar-refractivity contribution in [1.82, 2.24) is 9.80 Å². The summed E-state index contributed by atoms with van der Waals surface area (Å²) in [7, 11) is 0. The molecule has 0 heterocycles. The van der Waals surface area contributed by atoms with E-state index in [1.54, 1.807) is 11.8 Å². The van der Waals surface area contributed by atoms with Crippen LogP contribution in [0.3, 0.4) is 0 Å². The zero-order chi connectivity index (χ0) is 18.5. The van der Waals surface area contributed by atoms with Gasteiger partial charge >= 0.3 is 5.97 Å². The number of hydrogen-bond acceptors (Lipinski definition) is 4. The Morgan fingerprint density at radius 2 is 1.60 bits per heavy atom. The number of likely N-dealkylation sites (N-methyl/N-ethyl adjacent to an activating group) is 1. The van der Waals surface area contributed by atoms with E-state index >= 15 is 0 Å². The van der Waals surface area contributed by atoms with Crippen LogP contribution in [-0.2, 0) is 20.7 Å². The van der Waals surface area contributed by atoms with Gasteiger partial charge in [0.15, 0.2) is 0 Å². The minimum Gasteiger partial charge on any atom is -0.466 e. The van der Waals surface area contributed by atoms with E-state index in [1.807, 2.05) is 30.3 Å². The molecule has 0 aliphatic rings. The Bertz CT molecular complexity index is 501. The summed E-state index contributed by atoms with van der Waals surface area (Å²) in [6, 6.07) is 10.0. The molecule has 0 bridgehead atoms. The summed E-state index contributed by atoms with van der Waals surface area (Å²) >= 11 is 0. The third kappa shape index (κ3) is 8.68. The summed E-state index contributed by atoms with van der Waals surface area (Å²) in [5.41, 5.74) is 1.16. The maximum atomic E-state index is 12.6. The topological polar surface area (TPSA) is 49.9 Å². The van der Waals surface area contributed by atoms with E-state index in [0.717, 1.165) is 31.6 Å². The first-order valence-corrected chi connectivity index (χ1v) is 9.30. The van der Waals surface area contributed by atoms with Crippen LogP contribution in [-0.4, -0.2) is 61.0 Å². The summed E-state index contributed by atoms with van der Waals surface area (Å²) in [6.07, 6.45) is 1.44. The van der Waals surface area contributed by atoms with Crippen molar-refractivity contribution in [3.63, 3.8) is 0 Å². The maximum absolute atomic E-state index is 12.6. The molecule has 0 fully saturated rings. The Kier molecular flexibility index (Phi) is 10.6. The number of carbonyl (C=O) groups is 2. The predicted molar refractivity (Wildman–Crippen MR) is 100 cm³/mol. The summed E-state index contributed by atoms with van der Waals surface area (Å²) in [6.45, 7) is 10.2. The molecule has 140 valence electrons. The van der Waals surface area contributed by atoms with Crippen molar-refractivity contribution in [2.24, 2.45) is 0 Å². The van der Waals surface area contributed by atoms with Crippen LogP contribution in [0.4, 0.5) is 0 Å². The number of aryl methyl sites for hydroxylation is 1. The molecule has 0 aromatic heterocycles. The van der Waals surface area contributed by atoms with E-state index < -0.39 is 0 Å². The van der Waals surface area contributed by atoms with Crippen LogP contribution in [0.15, 0.2) is 30.3 Å². The van der Waals surface area contributed by atoms with Crippen molar-refractivity contribution in [2.45, 2.75) is 40.0 Å². The second-order valence-corrected chi connectivity index (χ2v) is 5.95. The zero-order valence-corrected chi connectivity index (χ0v) is 15.9. The Labute approximate surface area is 151 Å². The lowest BCUT2D eigenvalue weighted by Gasteiger charge is -2.26. The van der Waals surface area contributed by atoms with Gasteiger partial charge in [-0.3, -0.25) is 9.59 Å². The smallest absolute Gasteiger partial charge is 0.307 e. The Balaban J connectivity index is 2.57. The van der Waals surface area contributed by atoms with Gasteiger partial charge in [-0.2, -0.15) is 0 Å². The molecule has 1 aromatic carbocycles. The lowest BCUT2D eigenvalue weighted by atomic mass is 10.1. The molecule has 0 aliphatic heterocycles. The van der Waals surface area contributed by atoms with Gasteiger partial charge in [-0.15, -0.1) is 0 Å². The molecule has 1 amide bonds. The van der Waals surface area contributed by atoms with Crippen LogP contribution in [0.1, 0.15) is 39.2 Å². The van der Waals surface area contributed by atoms with Gasteiger partial charge in [0.05, 0.1) is 13.0 Å². The highest BCUT2D eigenvalue weighted by Gasteiger charge is 2.16. The molecule has 1 rings (SSSR count). The molecule has 0 saturated heterocycles. The van der Waals surface area contributed by atoms with Crippen molar-refractivity contribution in [3.8, 4) is 0 Å². The van der Waals surface area contributed by atoms with Crippen LogP contribution in [0.2, 0.25) is 0 Å². The lowest BCUT2D eigenvalue weighted by Crippen LogP contribution is -2.40. The van der Waals surface area contributed by atoms with Crippen molar-refractivity contribution in [3.05, 3.63) is 35.9 Å². The fourth-order valence-electron chi connectivity index (χ4n) is 2.68. The van der Waals surface area contributed by atoms with Gasteiger partial charge in [-0.05, 0) is 32.0 Å². The maximum Gasteiger partial charge on any atom is 0.307 e. The van der Waals surface area contributed by atoms with Crippen LogP contribution in [0.5, 0.6) is 0 Å². The minimum absolute atomic E-state index is 0.0975. The molecule has 1 aromatic rings. The van der Waals surface area contributed by atoms with Crippen molar-refractivity contribution < 1.29 is 14.3 Å². The van der Waals surface area contributed by atoms with Crippen LogP contribution in [0, 0.1) is 0 Å². The molecule has 5 nitrogen and oxygen atoms in total. The molecule has 0 radical (unpaired) electrons. The molecule has 0 saturated carbocycles. The molecule has 5 heteroatoms. The normalized spacial score (nSPS) is 10.7. The number of esters is 1. The SMILES string of the molecule is CCOC(=O)CCN(CCN(CC)CC)C(=O)CCc1ccccc1. The number of ether oxygens (including phenoxy) is 1. The number of rotatable bonds is 12. The van der Waals surface area contributed by atoms with Crippen molar-refractivity contribution in [2.75, 3.05) is 39.3 Å². The van der Waals surface area contributed by atoms with Crippen molar-refractivity contribution >= 4 is 11.9 Å². The largest absolute Gasteiger partial charge is 0.466 e. The summed E-state index contributed by atoms with van der Waals surface area (Å²) in [5, 5.41) is 0. The van der Waals surface area contributed by atoms with E-state index in [-0.39, 0.29) is 18.3 Å². The van der Waals surface area contributed by atoms with Crippen LogP contribution in [0.25, 0.3) is 0 Å². The van der Waals surface area contributed by atoms with Gasteiger partial charge in [0.25, 0.3) is 0 Å². The molecular formula is C20H32N2O3. The predicted octanol–water partition coefficient (Wildman–Crippen LogP) is 2.74. The van der Waals surface area contributed by atoms with Crippen LogP contribution >= 0.6 is 0 Å². The van der Waals surface area contributed by atoms with E-state index in [0.29, 0.717) is 26.1 Å². The molecule has 0 unspecified atom stereocenters. The Hall–Kier alpha value is -1.88. The third-order valence-corrected chi connectivity index (χ3v) is 4.29. The van der Waals surface area contributed by atoms with Crippen LogP contribution < -0.4 is 0 Å². The number of hydrogen-bond donors (Lipinski definition) is 0. The molecule has 25 heavy (non-hydrogen) atoms. The van der Waals surface area contributed by atoms with E-state index in [1.165, 1.54) is 0 Å². The van der Waals surface area contributed by atoms with E-state index in [2.05, 4.69) is 18.7 Å². The standard InChI is InChI=1S/C20H32N2O3/c1-4-21(5-2)16-17-22(15-14-20(24)25-6-3)19(23)13-12-18-10-8-7-9-11-18/h7-11H,4-6,12-17H2,1-3H3. The first-order chi connectivity index (χ1) is 12.1. The highest BCUT2D eigenvalue weighted by Crippen LogP contribution is 2.06. The fraction of sp³-hybridized carbons (Fsp3) is 0.600. The van der Waals surface area contributed by atoms with Gasteiger partial charge in [-0.1, -0.05) is 44.2 Å². The minimum atomic E-state index is -0.244. The number of amides is 1. The Morgan fingerprint density at radius 1 is 0.920 bits per heavy atom. The molecule has 0 aliphatic carbocycles. The zero-order valence-electron chi connectivity index (χ0n) is 15.9. The Morgan fingerprint density at radius 3 is 2.20 bits per heavy atom. The average molecular weight is 348 g/mol. The molecule has 0 atom stereocenters. The first kappa shape index (κ1) is 21.2. The van der Waals surface area contributed by atoms with Gasteiger partial charge in [0.2, 0.25) is 5.91 Å². The monoisotopic (exact) mass is 348 g/mol. The highest BCUT2D eigenvalue weighted by atomic mass is 16.5. The second kappa shape index (κ2) is 12.5. The van der Waals surface area contributed by atoms with E-state index in [4.69, 9.17) is 4.74 Å². The quantitative estimate of drug-likeness (QED) is 0.545. The molecule has 0 spiro atoms. The number of benzene rings is 1. The average Bonchev–Trinajstić information content (AvgIpc) is 2.64. The summed E-state index contributed by atoms with van der Waals surface area (Å²) in [4.78, 5) is 28.3. The van der Waals surface area contributed by atoms with Gasteiger partial charge < -0.3 is 14.5 Å². The lowest BCUT2D eigenvalue weighted by molar-refractivity contribution is -0.144. The molecular weight excluding hydrogens is 316 g/mol. The second-order valence-electron chi connectivity index (χ2n) is 5.95. The number of nitrogens with zero attached hydrogens (tertiary/aromatic N) is 2. The third-order valence-electron chi connectivity index (χ3n) is 4.29. The number of carbonyl (C=O) groups excluding carboxylic acids is 2. The van der Waals surface area contributed by atoms with Gasteiger partial charge in [0.1, 0.15) is 0 Å². The van der Waals surface area contributed by atoms with Crippen molar-refractivity contribution in [1.29, 1.82) is 0 Å². The fourth-order valence-corrected chi connectivity index (χ4v) is 2.68. The highest BCUT2D eigenvalue weighted by molar-refractivity contribution is 5.77. The van der Waals surface area contributed by atoms with E-state index in [9.17, 15) is 9.59 Å². The van der Waals surface area contributed by atoms with Gasteiger partial charge in [-0.25, -0.2) is 0 Å². The van der Waals surface area contributed by atoms with Gasteiger partial charge in [0, 0.05) is 26.1 Å². The summed E-state index contributed by atoms with van der Waals surface area (Å²) < 4.78 is 4.98.